The van der Waals surface area contributed by atoms with Gasteiger partial charge >= 0.3 is 18.3 Å². The average Bonchev–Trinajstić information content (AvgIpc) is 2.47. The van der Waals surface area contributed by atoms with E-state index in [0.717, 1.165) is 6.92 Å². The maximum absolute atomic E-state index is 13.1. The predicted molar refractivity (Wildman–Crippen MR) is 85.1 cm³/mol. The Morgan fingerprint density at radius 1 is 1.04 bits per heavy atom. The lowest BCUT2D eigenvalue weighted by Crippen LogP contribution is -2.54. The third kappa shape index (κ3) is 5.14. The van der Waals surface area contributed by atoms with Crippen LogP contribution in [-0.4, -0.2) is 36.9 Å². The van der Waals surface area contributed by atoms with Crippen molar-refractivity contribution in [3.05, 3.63) is 29.3 Å². The number of hydrogen-bond donors (Lipinski definition) is 0. The summed E-state index contributed by atoms with van der Waals surface area (Å²) in [7, 11) is 0. The molecule has 0 aliphatic heterocycles. The van der Waals surface area contributed by atoms with E-state index in [0.29, 0.717) is 0 Å². The zero-order valence-electron chi connectivity index (χ0n) is 15.0. The molecule has 1 atom stereocenters. The van der Waals surface area contributed by atoms with Crippen LogP contribution in [-0.2, 0) is 14.3 Å². The molecule has 0 aromatic heterocycles. The highest BCUT2D eigenvalue weighted by Crippen LogP contribution is 2.42. The monoisotopic (exact) mass is 399 g/mol. The summed E-state index contributed by atoms with van der Waals surface area (Å²) in [6.45, 7) is 5.11. The highest BCUT2D eigenvalue weighted by molar-refractivity contribution is 6.02. The van der Waals surface area contributed by atoms with Crippen molar-refractivity contribution in [1.29, 1.82) is 0 Å². The zero-order valence-corrected chi connectivity index (χ0v) is 15.0. The number of hydrogen-bond acceptors (Lipinski definition) is 3. The number of amides is 1. The lowest BCUT2D eigenvalue weighted by molar-refractivity contribution is -0.273. The first-order chi connectivity index (χ1) is 12.2. The van der Waals surface area contributed by atoms with Gasteiger partial charge in [-0.2, -0.15) is 26.3 Å². The molecule has 0 saturated heterocycles. The SMILES string of the molecule is CCOC(=O)C(C)N(C(=O)C(C(F)(F)F)C(F)(F)F)c1c(C)cccc1C. The van der Waals surface area contributed by atoms with Crippen LogP contribution in [0.25, 0.3) is 0 Å². The number of anilines is 1. The van der Waals surface area contributed by atoms with Crippen molar-refractivity contribution in [2.45, 2.75) is 46.1 Å². The maximum Gasteiger partial charge on any atom is 0.409 e. The van der Waals surface area contributed by atoms with Gasteiger partial charge < -0.3 is 4.74 Å². The first kappa shape index (κ1) is 22.8. The van der Waals surface area contributed by atoms with Crippen LogP contribution in [0.1, 0.15) is 25.0 Å². The topological polar surface area (TPSA) is 46.6 Å². The van der Waals surface area contributed by atoms with Crippen molar-refractivity contribution < 1.29 is 40.7 Å². The molecule has 0 spiro atoms. The summed E-state index contributed by atoms with van der Waals surface area (Å²) in [6, 6.07) is 2.66. The number of para-hydroxylation sites is 1. The van der Waals surface area contributed by atoms with E-state index in [1.807, 2.05) is 0 Å². The Labute approximate surface area is 152 Å². The van der Waals surface area contributed by atoms with E-state index in [-0.39, 0.29) is 28.3 Å². The quantitative estimate of drug-likeness (QED) is 0.547. The Bertz CT molecular complexity index is 665. The Morgan fingerprint density at radius 2 is 1.48 bits per heavy atom. The normalized spacial score (nSPS) is 13.4. The molecule has 152 valence electrons. The van der Waals surface area contributed by atoms with Crippen molar-refractivity contribution in [3.8, 4) is 0 Å². The minimum absolute atomic E-state index is 0.153. The highest BCUT2D eigenvalue weighted by atomic mass is 19.4. The summed E-state index contributed by atoms with van der Waals surface area (Å²) in [4.78, 5) is 24.7. The van der Waals surface area contributed by atoms with E-state index in [4.69, 9.17) is 4.74 Å². The van der Waals surface area contributed by atoms with Gasteiger partial charge in [0.05, 0.1) is 12.3 Å². The molecule has 0 N–H and O–H groups in total. The van der Waals surface area contributed by atoms with Gasteiger partial charge in [0.2, 0.25) is 11.8 Å². The summed E-state index contributed by atoms with van der Waals surface area (Å²) in [5.74, 6) is -7.66. The van der Waals surface area contributed by atoms with Gasteiger partial charge in [0, 0.05) is 0 Å². The number of aryl methyl sites for hydroxylation is 2. The molecule has 0 aliphatic rings. The highest BCUT2D eigenvalue weighted by Gasteiger charge is 2.63. The van der Waals surface area contributed by atoms with E-state index in [2.05, 4.69) is 0 Å². The van der Waals surface area contributed by atoms with Crippen molar-refractivity contribution >= 4 is 17.6 Å². The number of rotatable bonds is 5. The minimum Gasteiger partial charge on any atom is -0.464 e. The van der Waals surface area contributed by atoms with Crippen molar-refractivity contribution in [3.63, 3.8) is 0 Å². The number of halogens is 6. The summed E-state index contributed by atoms with van der Waals surface area (Å²) >= 11 is 0. The Kier molecular flexibility index (Phi) is 6.90. The molecule has 1 aromatic carbocycles. The van der Waals surface area contributed by atoms with Crippen molar-refractivity contribution in [2.24, 2.45) is 5.92 Å². The lowest BCUT2D eigenvalue weighted by atomic mass is 10.0. The van der Waals surface area contributed by atoms with Crippen LogP contribution in [0.4, 0.5) is 32.0 Å². The van der Waals surface area contributed by atoms with Crippen LogP contribution >= 0.6 is 0 Å². The second-order valence-corrected chi connectivity index (χ2v) is 5.89. The van der Waals surface area contributed by atoms with Gasteiger partial charge in [0.25, 0.3) is 0 Å². The molecule has 0 radical (unpaired) electrons. The molecular formula is C17H19F6NO3. The number of benzene rings is 1. The molecular weight excluding hydrogens is 380 g/mol. The molecule has 1 amide bonds. The Morgan fingerprint density at radius 3 is 1.85 bits per heavy atom. The van der Waals surface area contributed by atoms with E-state index in [9.17, 15) is 35.9 Å². The number of esters is 1. The van der Waals surface area contributed by atoms with Gasteiger partial charge in [-0.25, -0.2) is 4.79 Å². The van der Waals surface area contributed by atoms with Gasteiger partial charge in [-0.3, -0.25) is 9.69 Å². The van der Waals surface area contributed by atoms with E-state index >= 15 is 0 Å². The van der Waals surface area contributed by atoms with Crippen LogP contribution < -0.4 is 4.90 Å². The zero-order chi connectivity index (χ0) is 21.2. The molecule has 1 rings (SSSR count). The third-order valence-electron chi connectivity index (χ3n) is 3.83. The molecule has 27 heavy (non-hydrogen) atoms. The first-order valence-corrected chi connectivity index (χ1v) is 7.92. The summed E-state index contributed by atoms with van der Waals surface area (Å²) in [5, 5.41) is 0. The van der Waals surface area contributed by atoms with E-state index < -0.39 is 36.2 Å². The molecule has 10 heteroatoms. The molecule has 1 unspecified atom stereocenters. The predicted octanol–water partition coefficient (Wildman–Crippen LogP) is 4.33. The standard InChI is InChI=1S/C17H19F6NO3/c1-5-27-15(26)11(4)24(12-9(2)7-6-8-10(12)3)14(25)13(16(18,19)20)17(21,22)23/h6-8,11,13H,5H2,1-4H3. The number of ether oxygens (including phenoxy) is 1. The minimum atomic E-state index is -5.88. The molecule has 1 aromatic rings. The maximum atomic E-state index is 13.1. The van der Waals surface area contributed by atoms with Crippen molar-refractivity contribution in [2.75, 3.05) is 11.5 Å². The molecule has 0 saturated carbocycles. The number of carbonyl (C=O) groups is 2. The fourth-order valence-corrected chi connectivity index (χ4v) is 2.65. The van der Waals surface area contributed by atoms with Crippen LogP contribution in [0, 0.1) is 19.8 Å². The lowest BCUT2D eigenvalue weighted by Gasteiger charge is -2.34. The van der Waals surface area contributed by atoms with Crippen LogP contribution in [0.3, 0.4) is 0 Å². The van der Waals surface area contributed by atoms with Gasteiger partial charge in [0.1, 0.15) is 6.04 Å². The Hall–Kier alpha value is -2.26. The summed E-state index contributed by atoms with van der Waals surface area (Å²) < 4.78 is 83.1. The second kappa shape index (κ2) is 8.18. The third-order valence-corrected chi connectivity index (χ3v) is 3.83. The van der Waals surface area contributed by atoms with Crippen LogP contribution in [0.5, 0.6) is 0 Å². The number of nitrogens with zero attached hydrogens (tertiary/aromatic N) is 1. The number of carbonyl (C=O) groups excluding carboxylic acids is 2. The smallest absolute Gasteiger partial charge is 0.409 e. The molecule has 0 aliphatic carbocycles. The fourth-order valence-electron chi connectivity index (χ4n) is 2.65. The van der Waals surface area contributed by atoms with Crippen LogP contribution in [0.15, 0.2) is 18.2 Å². The molecule has 4 nitrogen and oxygen atoms in total. The molecule has 0 bridgehead atoms. The summed E-state index contributed by atoms with van der Waals surface area (Å²) in [5.41, 5.74) is 0.284. The molecule has 0 heterocycles. The Balaban J connectivity index is 3.63. The summed E-state index contributed by atoms with van der Waals surface area (Å²) in [6.07, 6.45) is -11.8. The van der Waals surface area contributed by atoms with Gasteiger partial charge in [-0.05, 0) is 38.8 Å². The second-order valence-electron chi connectivity index (χ2n) is 5.89. The van der Waals surface area contributed by atoms with Crippen molar-refractivity contribution in [1.82, 2.24) is 0 Å². The van der Waals surface area contributed by atoms with Gasteiger partial charge in [0.15, 0.2) is 0 Å². The van der Waals surface area contributed by atoms with Gasteiger partial charge in [-0.15, -0.1) is 0 Å². The van der Waals surface area contributed by atoms with E-state index in [1.54, 1.807) is 0 Å². The largest absolute Gasteiger partial charge is 0.464 e. The van der Waals surface area contributed by atoms with Crippen LogP contribution in [0.2, 0.25) is 0 Å². The fraction of sp³-hybridized carbons (Fsp3) is 0.529. The van der Waals surface area contributed by atoms with Gasteiger partial charge in [-0.1, -0.05) is 18.2 Å². The number of alkyl halides is 6. The average molecular weight is 399 g/mol. The first-order valence-electron chi connectivity index (χ1n) is 7.92. The molecule has 0 fully saturated rings. The van der Waals surface area contributed by atoms with E-state index in [1.165, 1.54) is 39.0 Å².